The van der Waals surface area contributed by atoms with Crippen LogP contribution < -0.4 is 5.32 Å². The van der Waals surface area contributed by atoms with Crippen LogP contribution in [0.15, 0.2) is 35.9 Å². The minimum absolute atomic E-state index is 0.284. The molecular weight excluding hydrogens is 258 g/mol. The summed E-state index contributed by atoms with van der Waals surface area (Å²) in [5, 5.41) is 3.62. The first-order valence-corrected chi connectivity index (χ1v) is 8.08. The summed E-state index contributed by atoms with van der Waals surface area (Å²) in [7, 11) is 2.10. The second-order valence-corrected chi connectivity index (χ2v) is 6.05. The van der Waals surface area contributed by atoms with E-state index in [1.807, 2.05) is 6.07 Å². The molecule has 0 bridgehead atoms. The molecule has 0 radical (unpaired) electrons. The van der Waals surface area contributed by atoms with E-state index >= 15 is 0 Å². The van der Waals surface area contributed by atoms with Gasteiger partial charge in [0.25, 0.3) is 0 Å². The predicted octanol–water partition coefficient (Wildman–Crippen LogP) is 4.11. The van der Waals surface area contributed by atoms with E-state index in [2.05, 4.69) is 48.1 Å². The number of nitrogens with one attached hydrogen (secondary N) is 1. The third-order valence-electron chi connectivity index (χ3n) is 4.49. The fourth-order valence-corrected chi connectivity index (χ4v) is 3.22. The van der Waals surface area contributed by atoms with Crippen molar-refractivity contribution >= 4 is 11.0 Å². The Kier molecular flexibility index (Phi) is 4.39. The molecular formula is C18H25N3. The maximum atomic E-state index is 4.76. The monoisotopic (exact) mass is 283 g/mol. The minimum Gasteiger partial charge on any atom is -0.330 e. The van der Waals surface area contributed by atoms with Gasteiger partial charge in [-0.3, -0.25) is 0 Å². The van der Waals surface area contributed by atoms with E-state index in [-0.39, 0.29) is 6.04 Å². The van der Waals surface area contributed by atoms with Gasteiger partial charge in [-0.25, -0.2) is 4.98 Å². The van der Waals surface area contributed by atoms with E-state index in [4.69, 9.17) is 4.98 Å². The summed E-state index contributed by atoms with van der Waals surface area (Å²) in [5.41, 5.74) is 3.92. The van der Waals surface area contributed by atoms with E-state index in [1.165, 1.54) is 37.6 Å². The summed E-state index contributed by atoms with van der Waals surface area (Å²) in [5.74, 6) is 1.12. The highest BCUT2D eigenvalue weighted by atomic mass is 15.1. The predicted molar refractivity (Wildman–Crippen MR) is 88.3 cm³/mol. The molecule has 3 nitrogen and oxygen atoms in total. The van der Waals surface area contributed by atoms with Crippen molar-refractivity contribution in [2.75, 3.05) is 6.54 Å². The zero-order valence-corrected chi connectivity index (χ0v) is 13.1. The minimum atomic E-state index is 0.284. The van der Waals surface area contributed by atoms with Crippen molar-refractivity contribution in [3.63, 3.8) is 0 Å². The molecule has 1 aromatic heterocycles. The Morgan fingerprint density at radius 1 is 1.29 bits per heavy atom. The third kappa shape index (κ3) is 3.18. The van der Waals surface area contributed by atoms with E-state index < -0.39 is 0 Å². The molecule has 0 saturated carbocycles. The quantitative estimate of drug-likeness (QED) is 0.837. The molecule has 1 unspecified atom stereocenters. The molecule has 1 heterocycles. The zero-order valence-electron chi connectivity index (χ0n) is 13.1. The SMILES string of the molecule is CC(NCCC1=CCCCC1)c1nc2ccccc2n1C. The fraction of sp³-hybridized carbons (Fsp3) is 0.500. The van der Waals surface area contributed by atoms with Gasteiger partial charge >= 0.3 is 0 Å². The van der Waals surface area contributed by atoms with Gasteiger partial charge in [-0.1, -0.05) is 23.8 Å². The molecule has 2 aromatic rings. The number of benzene rings is 1. The first kappa shape index (κ1) is 14.3. The number of imidazole rings is 1. The van der Waals surface area contributed by atoms with Gasteiger partial charge in [-0.05, 0) is 57.7 Å². The van der Waals surface area contributed by atoms with Crippen LogP contribution in [0.2, 0.25) is 0 Å². The lowest BCUT2D eigenvalue weighted by Crippen LogP contribution is -2.23. The highest BCUT2D eigenvalue weighted by Gasteiger charge is 2.13. The Labute approximate surface area is 127 Å². The van der Waals surface area contributed by atoms with Crippen LogP contribution in [0, 0.1) is 0 Å². The Balaban J connectivity index is 1.62. The molecule has 0 amide bonds. The zero-order chi connectivity index (χ0) is 14.7. The fourth-order valence-electron chi connectivity index (χ4n) is 3.22. The number of rotatable bonds is 5. The van der Waals surface area contributed by atoms with E-state index in [0.29, 0.717) is 0 Å². The molecule has 1 aliphatic carbocycles. The van der Waals surface area contributed by atoms with Gasteiger partial charge in [0.2, 0.25) is 0 Å². The summed E-state index contributed by atoms with van der Waals surface area (Å²) in [6.45, 7) is 3.24. The lowest BCUT2D eigenvalue weighted by atomic mass is 9.97. The highest BCUT2D eigenvalue weighted by Crippen LogP contribution is 2.21. The molecule has 3 rings (SSSR count). The molecule has 1 atom stereocenters. The highest BCUT2D eigenvalue weighted by molar-refractivity contribution is 5.75. The molecule has 1 N–H and O–H groups in total. The van der Waals surface area contributed by atoms with Gasteiger partial charge in [0.15, 0.2) is 0 Å². The van der Waals surface area contributed by atoms with Crippen molar-refractivity contribution < 1.29 is 0 Å². The van der Waals surface area contributed by atoms with E-state index in [0.717, 1.165) is 17.9 Å². The molecule has 1 aliphatic rings. The van der Waals surface area contributed by atoms with E-state index in [9.17, 15) is 0 Å². The van der Waals surface area contributed by atoms with Gasteiger partial charge in [-0.15, -0.1) is 0 Å². The van der Waals surface area contributed by atoms with E-state index in [1.54, 1.807) is 5.57 Å². The second kappa shape index (κ2) is 6.44. The Bertz CT molecular complexity index is 639. The summed E-state index contributed by atoms with van der Waals surface area (Å²) < 4.78 is 2.20. The molecule has 3 heteroatoms. The lowest BCUT2D eigenvalue weighted by molar-refractivity contribution is 0.528. The average Bonchev–Trinajstić information content (AvgIpc) is 2.86. The van der Waals surface area contributed by atoms with Gasteiger partial charge in [0.1, 0.15) is 5.82 Å². The van der Waals surface area contributed by atoms with Gasteiger partial charge in [0.05, 0.1) is 17.1 Å². The lowest BCUT2D eigenvalue weighted by Gasteiger charge is -2.16. The number of nitrogens with zero attached hydrogens (tertiary/aromatic N) is 2. The standard InChI is InChI=1S/C18H25N3/c1-14(19-13-12-15-8-4-3-5-9-15)18-20-16-10-6-7-11-17(16)21(18)2/h6-8,10-11,14,19H,3-5,9,12-13H2,1-2H3. The van der Waals surface area contributed by atoms with Crippen LogP contribution in [0.4, 0.5) is 0 Å². The second-order valence-electron chi connectivity index (χ2n) is 6.05. The first-order chi connectivity index (χ1) is 10.3. The Morgan fingerprint density at radius 3 is 2.90 bits per heavy atom. The van der Waals surface area contributed by atoms with Crippen molar-refractivity contribution in [2.45, 2.75) is 45.1 Å². The number of aromatic nitrogens is 2. The maximum Gasteiger partial charge on any atom is 0.126 e. The van der Waals surface area contributed by atoms with Crippen LogP contribution in [-0.4, -0.2) is 16.1 Å². The normalized spacial score (nSPS) is 17.0. The van der Waals surface area contributed by atoms with Crippen LogP contribution in [0.5, 0.6) is 0 Å². The summed E-state index contributed by atoms with van der Waals surface area (Å²) >= 11 is 0. The van der Waals surface area contributed by atoms with Crippen LogP contribution in [-0.2, 0) is 7.05 Å². The maximum absolute atomic E-state index is 4.76. The first-order valence-electron chi connectivity index (χ1n) is 8.08. The van der Waals surface area contributed by atoms with Crippen LogP contribution in [0.25, 0.3) is 11.0 Å². The largest absolute Gasteiger partial charge is 0.330 e. The number of hydrogen-bond donors (Lipinski definition) is 1. The summed E-state index contributed by atoms with van der Waals surface area (Å²) in [4.78, 5) is 4.76. The molecule has 0 aliphatic heterocycles. The molecule has 0 fully saturated rings. The van der Waals surface area contributed by atoms with Gasteiger partial charge < -0.3 is 9.88 Å². The Hall–Kier alpha value is -1.61. The topological polar surface area (TPSA) is 29.9 Å². The van der Waals surface area contributed by atoms with Crippen molar-refractivity contribution in [1.82, 2.24) is 14.9 Å². The summed E-state index contributed by atoms with van der Waals surface area (Å²) in [6, 6.07) is 8.62. The molecule has 112 valence electrons. The van der Waals surface area contributed by atoms with Crippen molar-refractivity contribution in [2.24, 2.45) is 7.05 Å². The van der Waals surface area contributed by atoms with Gasteiger partial charge in [-0.2, -0.15) is 0 Å². The van der Waals surface area contributed by atoms with Crippen molar-refractivity contribution in [3.05, 3.63) is 41.7 Å². The van der Waals surface area contributed by atoms with Crippen LogP contribution >= 0.6 is 0 Å². The molecule has 1 aromatic carbocycles. The number of hydrogen-bond acceptors (Lipinski definition) is 2. The Morgan fingerprint density at radius 2 is 2.14 bits per heavy atom. The van der Waals surface area contributed by atoms with Crippen molar-refractivity contribution in [3.8, 4) is 0 Å². The molecule has 21 heavy (non-hydrogen) atoms. The van der Waals surface area contributed by atoms with Gasteiger partial charge in [0, 0.05) is 7.05 Å². The average molecular weight is 283 g/mol. The van der Waals surface area contributed by atoms with Crippen LogP contribution in [0.3, 0.4) is 0 Å². The number of aryl methyl sites for hydroxylation is 1. The number of allylic oxidation sites excluding steroid dienone is 1. The van der Waals surface area contributed by atoms with Crippen LogP contribution in [0.1, 0.15) is 50.9 Å². The molecule has 0 saturated heterocycles. The summed E-state index contributed by atoms with van der Waals surface area (Å²) in [6.07, 6.45) is 8.91. The third-order valence-corrected chi connectivity index (χ3v) is 4.49. The smallest absolute Gasteiger partial charge is 0.126 e. The molecule has 0 spiro atoms. The number of fused-ring (bicyclic) bond motifs is 1. The van der Waals surface area contributed by atoms with Crippen molar-refractivity contribution in [1.29, 1.82) is 0 Å². The number of para-hydroxylation sites is 2.